The van der Waals surface area contributed by atoms with Crippen LogP contribution in [-0.4, -0.2) is 36.1 Å². The van der Waals surface area contributed by atoms with Crippen molar-refractivity contribution < 1.29 is 4.79 Å². The van der Waals surface area contributed by atoms with Crippen LogP contribution in [-0.2, 0) is 0 Å². The maximum absolute atomic E-state index is 12.4. The van der Waals surface area contributed by atoms with Crippen molar-refractivity contribution in [2.45, 2.75) is 19.9 Å². The summed E-state index contributed by atoms with van der Waals surface area (Å²) in [5.41, 5.74) is 3.01. The predicted octanol–water partition coefficient (Wildman–Crippen LogP) is 3.70. The predicted molar refractivity (Wildman–Crippen MR) is 110 cm³/mol. The van der Waals surface area contributed by atoms with Gasteiger partial charge in [-0.05, 0) is 30.2 Å². The smallest absolute Gasteiger partial charge is 0.315 e. The highest BCUT2D eigenvalue weighted by Gasteiger charge is 2.21. The minimum Gasteiger partial charge on any atom is -0.373 e. The third kappa shape index (κ3) is 4.78. The number of carbonyl (C=O) groups is 1. The molecule has 0 bridgehead atoms. The van der Waals surface area contributed by atoms with Crippen LogP contribution >= 0.6 is 0 Å². The summed E-state index contributed by atoms with van der Waals surface area (Å²) in [4.78, 5) is 22.4. The number of carbonyl (C=O) groups excluding carboxylic acids is 1. The molecule has 0 saturated carbocycles. The van der Waals surface area contributed by atoms with Crippen LogP contribution in [0.2, 0.25) is 0 Å². The number of likely N-dealkylation sites (N-methyl/N-ethyl adjacent to an activating group) is 1. The lowest BCUT2D eigenvalue weighted by Gasteiger charge is -2.22. The van der Waals surface area contributed by atoms with Crippen LogP contribution in [0.5, 0.6) is 0 Å². The number of para-hydroxylation sites is 3. The van der Waals surface area contributed by atoms with Gasteiger partial charge in [0.2, 0.25) is 0 Å². The minimum absolute atomic E-state index is 0.177. The van der Waals surface area contributed by atoms with E-state index in [0.29, 0.717) is 6.54 Å². The minimum atomic E-state index is -0.185. The zero-order chi connectivity index (χ0) is 19.2. The molecule has 2 amide bonds. The Morgan fingerprint density at radius 2 is 1.81 bits per heavy atom. The molecular formula is C21H27N5O. The molecule has 0 fully saturated rings. The van der Waals surface area contributed by atoms with Crippen molar-refractivity contribution in [3.63, 3.8) is 0 Å². The first-order valence-corrected chi connectivity index (χ1v) is 9.30. The van der Waals surface area contributed by atoms with Crippen LogP contribution in [0.3, 0.4) is 0 Å². The van der Waals surface area contributed by atoms with Crippen LogP contribution in [0.4, 0.5) is 10.5 Å². The quantitative estimate of drug-likeness (QED) is 0.598. The van der Waals surface area contributed by atoms with E-state index in [0.717, 1.165) is 29.1 Å². The third-order valence-electron chi connectivity index (χ3n) is 4.59. The first kappa shape index (κ1) is 18.8. The average Bonchev–Trinajstić information content (AvgIpc) is 3.10. The average molecular weight is 365 g/mol. The van der Waals surface area contributed by atoms with E-state index in [1.807, 2.05) is 49.5 Å². The second kappa shape index (κ2) is 8.58. The number of aromatic amines is 1. The molecule has 0 aliphatic carbocycles. The SMILES string of the molecule is CC(C)C(NC(=O)NCCN(C)c1ccccc1)c1nc2ccccc2[nH]1. The Balaban J connectivity index is 1.56. The van der Waals surface area contributed by atoms with Gasteiger partial charge in [0.1, 0.15) is 5.82 Å². The van der Waals surface area contributed by atoms with E-state index in [4.69, 9.17) is 0 Å². The molecule has 27 heavy (non-hydrogen) atoms. The van der Waals surface area contributed by atoms with Crippen LogP contribution in [0.1, 0.15) is 25.7 Å². The van der Waals surface area contributed by atoms with Crippen molar-refractivity contribution in [2.24, 2.45) is 5.92 Å². The van der Waals surface area contributed by atoms with Gasteiger partial charge in [-0.2, -0.15) is 0 Å². The Labute approximate surface area is 160 Å². The summed E-state index contributed by atoms with van der Waals surface area (Å²) in [5.74, 6) is 0.992. The molecule has 0 aliphatic heterocycles. The fraction of sp³-hybridized carbons (Fsp3) is 0.333. The Hall–Kier alpha value is -3.02. The molecule has 3 aromatic rings. The van der Waals surface area contributed by atoms with E-state index in [9.17, 15) is 4.79 Å². The van der Waals surface area contributed by atoms with Crippen molar-refractivity contribution in [2.75, 3.05) is 25.0 Å². The lowest BCUT2D eigenvalue weighted by atomic mass is 10.0. The van der Waals surface area contributed by atoms with Crippen molar-refractivity contribution in [3.05, 3.63) is 60.4 Å². The molecule has 3 N–H and O–H groups in total. The molecule has 1 aromatic heterocycles. The fourth-order valence-electron chi connectivity index (χ4n) is 3.01. The molecule has 1 atom stereocenters. The summed E-state index contributed by atoms with van der Waals surface area (Å²) in [7, 11) is 2.01. The lowest BCUT2D eigenvalue weighted by molar-refractivity contribution is 0.232. The van der Waals surface area contributed by atoms with Crippen LogP contribution in [0.15, 0.2) is 54.6 Å². The number of anilines is 1. The number of hydrogen-bond acceptors (Lipinski definition) is 3. The van der Waals surface area contributed by atoms with Crippen molar-refractivity contribution in [1.29, 1.82) is 0 Å². The molecule has 0 saturated heterocycles. The highest BCUT2D eigenvalue weighted by molar-refractivity contribution is 5.76. The van der Waals surface area contributed by atoms with E-state index < -0.39 is 0 Å². The normalized spacial score (nSPS) is 12.1. The maximum Gasteiger partial charge on any atom is 0.315 e. The first-order chi connectivity index (χ1) is 13.0. The summed E-state index contributed by atoms with van der Waals surface area (Å²) in [6.07, 6.45) is 0. The molecule has 6 nitrogen and oxygen atoms in total. The van der Waals surface area contributed by atoms with Crippen LogP contribution in [0.25, 0.3) is 11.0 Å². The largest absolute Gasteiger partial charge is 0.373 e. The number of amides is 2. The zero-order valence-corrected chi connectivity index (χ0v) is 16.1. The molecule has 142 valence electrons. The number of H-pyrrole nitrogens is 1. The number of hydrogen-bond donors (Lipinski definition) is 3. The number of nitrogens with one attached hydrogen (secondary N) is 3. The summed E-state index contributed by atoms with van der Waals surface area (Å²) in [5, 5.41) is 5.98. The van der Waals surface area contributed by atoms with Gasteiger partial charge in [0.05, 0.1) is 17.1 Å². The molecule has 6 heteroatoms. The van der Waals surface area contributed by atoms with E-state index in [1.165, 1.54) is 0 Å². The molecule has 0 radical (unpaired) electrons. The van der Waals surface area contributed by atoms with E-state index in [1.54, 1.807) is 0 Å². The molecule has 2 aromatic carbocycles. The van der Waals surface area contributed by atoms with E-state index in [-0.39, 0.29) is 18.0 Å². The molecule has 1 heterocycles. The van der Waals surface area contributed by atoms with Gasteiger partial charge in [-0.25, -0.2) is 9.78 Å². The fourth-order valence-corrected chi connectivity index (χ4v) is 3.01. The maximum atomic E-state index is 12.4. The Morgan fingerprint density at radius 3 is 2.52 bits per heavy atom. The second-order valence-corrected chi connectivity index (χ2v) is 7.02. The Bertz CT molecular complexity index is 841. The molecule has 1 unspecified atom stereocenters. The number of nitrogens with zero attached hydrogens (tertiary/aromatic N) is 2. The lowest BCUT2D eigenvalue weighted by Crippen LogP contribution is -2.42. The summed E-state index contributed by atoms with van der Waals surface area (Å²) >= 11 is 0. The number of benzene rings is 2. The number of urea groups is 1. The second-order valence-electron chi connectivity index (χ2n) is 7.02. The number of aromatic nitrogens is 2. The molecular weight excluding hydrogens is 338 g/mol. The summed E-state index contributed by atoms with van der Waals surface area (Å²) in [6, 6.07) is 17.6. The van der Waals surface area contributed by atoms with Gasteiger partial charge in [0.25, 0.3) is 0 Å². The topological polar surface area (TPSA) is 73.1 Å². The molecule has 3 rings (SSSR count). The van der Waals surface area contributed by atoms with Crippen LogP contribution in [0, 0.1) is 5.92 Å². The Morgan fingerprint density at radius 1 is 1.11 bits per heavy atom. The molecule has 0 aliphatic rings. The third-order valence-corrected chi connectivity index (χ3v) is 4.59. The van der Waals surface area contributed by atoms with Crippen molar-refractivity contribution in [1.82, 2.24) is 20.6 Å². The van der Waals surface area contributed by atoms with Gasteiger partial charge in [-0.3, -0.25) is 0 Å². The Kier molecular flexibility index (Phi) is 5.96. The monoisotopic (exact) mass is 365 g/mol. The van der Waals surface area contributed by atoms with Gasteiger partial charge < -0.3 is 20.5 Å². The highest BCUT2D eigenvalue weighted by Crippen LogP contribution is 2.22. The summed E-state index contributed by atoms with van der Waals surface area (Å²) < 4.78 is 0. The van der Waals surface area contributed by atoms with Gasteiger partial charge in [-0.15, -0.1) is 0 Å². The van der Waals surface area contributed by atoms with E-state index >= 15 is 0 Å². The van der Waals surface area contributed by atoms with E-state index in [2.05, 4.69) is 51.5 Å². The standard InChI is InChI=1S/C21H27N5O/c1-15(2)19(20-23-17-11-7-8-12-18(17)24-20)25-21(27)22-13-14-26(3)16-9-5-4-6-10-16/h4-12,15,19H,13-14H2,1-3H3,(H,23,24)(H2,22,25,27). The van der Waals surface area contributed by atoms with Crippen LogP contribution < -0.4 is 15.5 Å². The number of imidazole rings is 1. The zero-order valence-electron chi connectivity index (χ0n) is 16.1. The summed E-state index contributed by atoms with van der Waals surface area (Å²) in [6.45, 7) is 5.43. The number of fused-ring (bicyclic) bond motifs is 1. The van der Waals surface area contributed by atoms with Gasteiger partial charge in [0.15, 0.2) is 0 Å². The number of rotatable bonds is 7. The van der Waals surface area contributed by atoms with Crippen molar-refractivity contribution >= 4 is 22.8 Å². The molecule has 0 spiro atoms. The highest BCUT2D eigenvalue weighted by atomic mass is 16.2. The van der Waals surface area contributed by atoms with Gasteiger partial charge >= 0.3 is 6.03 Å². The van der Waals surface area contributed by atoms with Crippen molar-refractivity contribution in [3.8, 4) is 0 Å². The van der Waals surface area contributed by atoms with Gasteiger partial charge in [-0.1, -0.05) is 44.2 Å². The first-order valence-electron chi connectivity index (χ1n) is 9.30. The van der Waals surface area contributed by atoms with Gasteiger partial charge in [0, 0.05) is 25.8 Å².